The molecule has 0 fully saturated rings. The Morgan fingerprint density at radius 1 is 1.33 bits per heavy atom. The van der Waals surface area contributed by atoms with Crippen LogP contribution in [0.25, 0.3) is 0 Å². The lowest BCUT2D eigenvalue weighted by Crippen LogP contribution is -2.45. The average molecular weight is 238 g/mol. The summed E-state index contributed by atoms with van der Waals surface area (Å²) in [6.07, 6.45) is 0. The van der Waals surface area contributed by atoms with Crippen molar-refractivity contribution in [3.8, 4) is 0 Å². The fourth-order valence-electron chi connectivity index (χ4n) is 0.730. The fraction of sp³-hybridized carbons (Fsp3) is 0.875. The second-order valence-corrected chi connectivity index (χ2v) is 5.73. The molecule has 0 amide bonds. The summed E-state index contributed by atoms with van der Waals surface area (Å²) in [4.78, 5) is 11.4. The standard InChI is InChI=1S/C8H18N2O4S/c1-6(10-15(12,13)9-5)7(11)14-8(2,3)4/h6,9-10H,1-5H3/t6-/m0/s1. The number of carbonyl (C=O) groups is 1. The van der Waals surface area contributed by atoms with Gasteiger partial charge in [0.05, 0.1) is 0 Å². The van der Waals surface area contributed by atoms with E-state index in [1.54, 1.807) is 20.8 Å². The highest BCUT2D eigenvalue weighted by Crippen LogP contribution is 2.08. The maximum atomic E-state index is 11.4. The largest absolute Gasteiger partial charge is 0.459 e. The maximum absolute atomic E-state index is 11.4. The number of hydrogen-bond donors (Lipinski definition) is 2. The van der Waals surface area contributed by atoms with Crippen LogP contribution in [0.15, 0.2) is 0 Å². The van der Waals surface area contributed by atoms with E-state index in [-0.39, 0.29) is 0 Å². The average Bonchev–Trinajstić information content (AvgIpc) is 2.00. The second kappa shape index (κ2) is 4.91. The number of ether oxygens (including phenoxy) is 1. The lowest BCUT2D eigenvalue weighted by atomic mass is 10.2. The van der Waals surface area contributed by atoms with E-state index in [1.165, 1.54) is 14.0 Å². The van der Waals surface area contributed by atoms with Gasteiger partial charge in [0.15, 0.2) is 0 Å². The maximum Gasteiger partial charge on any atom is 0.324 e. The smallest absolute Gasteiger partial charge is 0.324 e. The summed E-state index contributed by atoms with van der Waals surface area (Å²) in [6.45, 7) is 6.56. The van der Waals surface area contributed by atoms with Gasteiger partial charge in [0.2, 0.25) is 0 Å². The second-order valence-electron chi connectivity index (χ2n) is 4.08. The number of hydrogen-bond acceptors (Lipinski definition) is 4. The van der Waals surface area contributed by atoms with Gasteiger partial charge in [0, 0.05) is 7.05 Å². The molecule has 6 nitrogen and oxygen atoms in total. The third-order valence-corrected chi connectivity index (χ3v) is 2.56. The lowest BCUT2D eigenvalue weighted by Gasteiger charge is -2.22. The van der Waals surface area contributed by atoms with Gasteiger partial charge in [-0.1, -0.05) is 0 Å². The Balaban J connectivity index is 4.36. The molecule has 0 aromatic carbocycles. The van der Waals surface area contributed by atoms with Gasteiger partial charge >= 0.3 is 5.97 Å². The van der Waals surface area contributed by atoms with Crippen molar-refractivity contribution in [3.63, 3.8) is 0 Å². The van der Waals surface area contributed by atoms with Crippen molar-refractivity contribution in [2.24, 2.45) is 0 Å². The Hall–Kier alpha value is -0.660. The molecule has 1 atom stereocenters. The number of rotatable bonds is 4. The predicted molar refractivity (Wildman–Crippen MR) is 56.4 cm³/mol. The van der Waals surface area contributed by atoms with Crippen molar-refractivity contribution < 1.29 is 17.9 Å². The summed E-state index contributed by atoms with van der Waals surface area (Å²) < 4.78 is 31.3. The van der Waals surface area contributed by atoms with Crippen LogP contribution in [0.2, 0.25) is 0 Å². The predicted octanol–water partition coefficient (Wildman–Crippen LogP) is -0.230. The van der Waals surface area contributed by atoms with Crippen molar-refractivity contribution in [3.05, 3.63) is 0 Å². The molecule has 0 radical (unpaired) electrons. The van der Waals surface area contributed by atoms with Crippen LogP contribution in [0, 0.1) is 0 Å². The normalized spacial score (nSPS) is 14.7. The molecule has 0 spiro atoms. The Kier molecular flexibility index (Phi) is 4.69. The van der Waals surface area contributed by atoms with Gasteiger partial charge in [-0.25, -0.2) is 4.72 Å². The zero-order chi connectivity index (χ0) is 12.3. The van der Waals surface area contributed by atoms with Crippen LogP contribution in [0.5, 0.6) is 0 Å². The van der Waals surface area contributed by atoms with Gasteiger partial charge in [-0.3, -0.25) is 4.79 Å². The summed E-state index contributed by atoms with van der Waals surface area (Å²) in [7, 11) is -2.37. The van der Waals surface area contributed by atoms with E-state index in [4.69, 9.17) is 4.74 Å². The van der Waals surface area contributed by atoms with E-state index in [0.29, 0.717) is 0 Å². The van der Waals surface area contributed by atoms with E-state index in [0.717, 1.165) is 0 Å². The van der Waals surface area contributed by atoms with Gasteiger partial charge in [0.25, 0.3) is 10.2 Å². The van der Waals surface area contributed by atoms with Crippen LogP contribution in [0.3, 0.4) is 0 Å². The molecule has 0 heterocycles. The van der Waals surface area contributed by atoms with Crippen LogP contribution in [0.1, 0.15) is 27.7 Å². The van der Waals surface area contributed by atoms with Crippen molar-refractivity contribution in [2.45, 2.75) is 39.3 Å². The van der Waals surface area contributed by atoms with E-state index in [2.05, 4.69) is 4.72 Å². The minimum Gasteiger partial charge on any atom is -0.459 e. The highest BCUT2D eigenvalue weighted by Gasteiger charge is 2.24. The van der Waals surface area contributed by atoms with E-state index in [9.17, 15) is 13.2 Å². The Morgan fingerprint density at radius 3 is 2.13 bits per heavy atom. The molecule has 90 valence electrons. The first-order valence-corrected chi connectivity index (χ1v) is 5.99. The quantitative estimate of drug-likeness (QED) is 0.663. The third-order valence-electron chi connectivity index (χ3n) is 1.36. The molecule has 0 unspecified atom stereocenters. The van der Waals surface area contributed by atoms with Crippen LogP contribution in [0.4, 0.5) is 0 Å². The van der Waals surface area contributed by atoms with Crippen LogP contribution in [-0.2, 0) is 19.7 Å². The van der Waals surface area contributed by atoms with Crippen LogP contribution in [-0.4, -0.2) is 33.1 Å². The fourth-order valence-corrected chi connectivity index (χ4v) is 1.41. The molecule has 0 bridgehead atoms. The van der Waals surface area contributed by atoms with Gasteiger partial charge in [0.1, 0.15) is 11.6 Å². The van der Waals surface area contributed by atoms with Crippen molar-refractivity contribution >= 4 is 16.2 Å². The SMILES string of the molecule is CNS(=O)(=O)N[C@@H](C)C(=O)OC(C)(C)C. The molecule has 7 heteroatoms. The van der Waals surface area contributed by atoms with Crippen molar-refractivity contribution in [1.82, 2.24) is 9.44 Å². The molecule has 0 rings (SSSR count). The number of esters is 1. The topological polar surface area (TPSA) is 84.5 Å². The van der Waals surface area contributed by atoms with E-state index < -0.39 is 27.8 Å². The van der Waals surface area contributed by atoms with Crippen molar-refractivity contribution in [1.29, 1.82) is 0 Å². The minimum atomic E-state index is -3.62. The highest BCUT2D eigenvalue weighted by atomic mass is 32.2. The first-order valence-electron chi connectivity index (χ1n) is 4.51. The molecule has 0 aliphatic carbocycles. The minimum absolute atomic E-state index is 0.610. The lowest BCUT2D eigenvalue weighted by molar-refractivity contribution is -0.156. The van der Waals surface area contributed by atoms with E-state index in [1.807, 2.05) is 4.72 Å². The zero-order valence-corrected chi connectivity index (χ0v) is 10.4. The van der Waals surface area contributed by atoms with Crippen LogP contribution < -0.4 is 9.44 Å². The Morgan fingerprint density at radius 2 is 1.80 bits per heavy atom. The summed E-state index contributed by atoms with van der Waals surface area (Å²) in [5, 5.41) is 0. The Bertz CT molecular complexity index is 318. The molecule has 0 saturated carbocycles. The van der Waals surface area contributed by atoms with Crippen LogP contribution >= 0.6 is 0 Å². The zero-order valence-electron chi connectivity index (χ0n) is 9.62. The number of nitrogens with one attached hydrogen (secondary N) is 2. The number of carbonyl (C=O) groups excluding carboxylic acids is 1. The highest BCUT2D eigenvalue weighted by molar-refractivity contribution is 7.87. The first-order chi connectivity index (χ1) is 6.57. The van der Waals surface area contributed by atoms with Crippen molar-refractivity contribution in [2.75, 3.05) is 7.05 Å². The van der Waals surface area contributed by atoms with Gasteiger partial charge in [-0.2, -0.15) is 13.1 Å². The summed E-state index contributed by atoms with van der Waals surface area (Å²) in [6, 6.07) is -0.915. The van der Waals surface area contributed by atoms with Gasteiger partial charge < -0.3 is 4.74 Å². The van der Waals surface area contributed by atoms with Gasteiger partial charge in [-0.15, -0.1) is 0 Å². The molecular formula is C8H18N2O4S. The third kappa shape index (κ3) is 6.43. The molecule has 0 saturated heterocycles. The molecule has 0 aliphatic rings. The molecule has 2 N–H and O–H groups in total. The molecule has 0 aromatic heterocycles. The first kappa shape index (κ1) is 14.3. The monoisotopic (exact) mass is 238 g/mol. The van der Waals surface area contributed by atoms with Gasteiger partial charge in [-0.05, 0) is 27.7 Å². The van der Waals surface area contributed by atoms with E-state index >= 15 is 0 Å². The summed E-state index contributed by atoms with van der Waals surface area (Å²) >= 11 is 0. The summed E-state index contributed by atoms with van der Waals surface area (Å²) in [5.74, 6) is -0.610. The molecular weight excluding hydrogens is 220 g/mol. The Labute approximate surface area is 90.6 Å². The molecule has 15 heavy (non-hydrogen) atoms. The molecule has 0 aromatic rings. The summed E-state index contributed by atoms with van der Waals surface area (Å²) in [5.41, 5.74) is -0.629. The molecule has 0 aliphatic heterocycles.